The number of halogens is 2. The van der Waals surface area contributed by atoms with Crippen LogP contribution in [0.1, 0.15) is 37.7 Å². The van der Waals surface area contributed by atoms with Gasteiger partial charge in [0.05, 0.1) is 6.10 Å². The van der Waals surface area contributed by atoms with E-state index in [2.05, 4.69) is 15.2 Å². The summed E-state index contributed by atoms with van der Waals surface area (Å²) in [6.07, 6.45) is 5.50. The molecule has 2 aliphatic rings. The fourth-order valence-electron chi connectivity index (χ4n) is 3.80. The maximum atomic E-state index is 13.6. The highest BCUT2D eigenvalue weighted by Crippen LogP contribution is 2.47. The van der Waals surface area contributed by atoms with Gasteiger partial charge >= 0.3 is 0 Å². The summed E-state index contributed by atoms with van der Waals surface area (Å²) in [5.41, 5.74) is 1.15. The summed E-state index contributed by atoms with van der Waals surface area (Å²) in [6.45, 7) is 4.21. The third-order valence-electron chi connectivity index (χ3n) is 5.68. The van der Waals surface area contributed by atoms with Crippen molar-refractivity contribution in [2.45, 2.75) is 43.6 Å². The average molecular weight is 505 g/mol. The van der Waals surface area contributed by atoms with Crippen LogP contribution in [0.25, 0.3) is 0 Å². The van der Waals surface area contributed by atoms with Gasteiger partial charge in [0, 0.05) is 52.4 Å². The number of nitrogens with zero attached hydrogens (tertiary/aromatic N) is 2. The fraction of sp³-hybridized carbons (Fsp3) is 0.667. The van der Waals surface area contributed by atoms with E-state index in [0.29, 0.717) is 6.10 Å². The summed E-state index contributed by atoms with van der Waals surface area (Å²) in [6, 6.07) is 7.02. The molecule has 1 saturated heterocycles. The minimum atomic E-state index is -0.157. The van der Waals surface area contributed by atoms with Crippen LogP contribution in [0.15, 0.2) is 29.3 Å². The molecule has 1 heterocycles. The van der Waals surface area contributed by atoms with Crippen LogP contribution in [0.3, 0.4) is 0 Å². The zero-order valence-corrected chi connectivity index (χ0v) is 19.3. The number of rotatable bonds is 8. The lowest BCUT2D eigenvalue weighted by atomic mass is 9.96. The molecule has 1 aromatic rings. The highest BCUT2D eigenvalue weighted by Gasteiger charge is 2.44. The number of nitrogens with one attached hydrogen (secondary N) is 1. The Hall–Kier alpha value is -0.930. The Labute approximate surface area is 185 Å². The molecule has 1 saturated carbocycles. The van der Waals surface area contributed by atoms with Crippen molar-refractivity contribution in [2.75, 3.05) is 47.0 Å². The van der Waals surface area contributed by atoms with Gasteiger partial charge < -0.3 is 19.7 Å². The van der Waals surface area contributed by atoms with Crippen LogP contribution < -0.4 is 5.32 Å². The fourth-order valence-corrected chi connectivity index (χ4v) is 3.80. The van der Waals surface area contributed by atoms with Crippen molar-refractivity contribution in [3.8, 4) is 0 Å². The van der Waals surface area contributed by atoms with Gasteiger partial charge in [-0.25, -0.2) is 4.39 Å². The summed E-state index contributed by atoms with van der Waals surface area (Å²) in [4.78, 5) is 6.77. The van der Waals surface area contributed by atoms with Gasteiger partial charge in [0.25, 0.3) is 0 Å². The van der Waals surface area contributed by atoms with Crippen LogP contribution in [0.4, 0.5) is 4.39 Å². The van der Waals surface area contributed by atoms with Crippen LogP contribution in [0.2, 0.25) is 0 Å². The summed E-state index contributed by atoms with van der Waals surface area (Å²) < 4.78 is 24.6. The average Bonchev–Trinajstić information content (AvgIpc) is 3.48. The minimum absolute atomic E-state index is 0. The Morgan fingerprint density at radius 2 is 2.04 bits per heavy atom. The van der Waals surface area contributed by atoms with Crippen molar-refractivity contribution in [1.82, 2.24) is 10.2 Å². The van der Waals surface area contributed by atoms with Crippen LogP contribution in [-0.4, -0.2) is 64.0 Å². The first-order chi connectivity index (χ1) is 13.2. The van der Waals surface area contributed by atoms with Crippen LogP contribution in [0, 0.1) is 5.82 Å². The molecule has 3 rings (SSSR count). The summed E-state index contributed by atoms with van der Waals surface area (Å²) in [7, 11) is 3.55. The Morgan fingerprint density at radius 1 is 1.29 bits per heavy atom. The SMILES string of the molecule is CN=C(NCC1(c2cccc(F)c2)CC1)N1CCC(OCCCOC)CC1.I. The number of ether oxygens (including phenoxy) is 2. The number of guanidine groups is 1. The first kappa shape index (κ1) is 23.3. The molecule has 1 aromatic carbocycles. The van der Waals surface area contributed by atoms with E-state index in [4.69, 9.17) is 9.47 Å². The van der Waals surface area contributed by atoms with Gasteiger partial charge in [-0.3, -0.25) is 4.99 Å². The molecule has 158 valence electrons. The molecule has 7 heteroatoms. The molecule has 0 amide bonds. The van der Waals surface area contributed by atoms with Crippen molar-refractivity contribution in [3.63, 3.8) is 0 Å². The lowest BCUT2D eigenvalue weighted by Crippen LogP contribution is -2.48. The quantitative estimate of drug-likeness (QED) is 0.254. The molecule has 1 aliphatic carbocycles. The molecule has 28 heavy (non-hydrogen) atoms. The van der Waals surface area contributed by atoms with E-state index >= 15 is 0 Å². The predicted molar refractivity (Wildman–Crippen MR) is 121 cm³/mol. The predicted octanol–water partition coefficient (Wildman–Crippen LogP) is 3.57. The van der Waals surface area contributed by atoms with E-state index in [1.807, 2.05) is 13.1 Å². The second-order valence-electron chi connectivity index (χ2n) is 7.59. The van der Waals surface area contributed by atoms with Crippen molar-refractivity contribution < 1.29 is 13.9 Å². The van der Waals surface area contributed by atoms with Gasteiger partial charge in [0.2, 0.25) is 0 Å². The Morgan fingerprint density at radius 3 is 2.64 bits per heavy atom. The number of benzene rings is 1. The third-order valence-corrected chi connectivity index (χ3v) is 5.68. The normalized spacial score (nSPS) is 19.2. The maximum Gasteiger partial charge on any atom is 0.193 e. The van der Waals surface area contributed by atoms with E-state index in [-0.39, 0.29) is 35.2 Å². The first-order valence-electron chi connectivity index (χ1n) is 9.99. The molecule has 0 bridgehead atoms. The van der Waals surface area contributed by atoms with Crippen molar-refractivity contribution >= 4 is 29.9 Å². The smallest absolute Gasteiger partial charge is 0.193 e. The number of piperidine rings is 1. The Kier molecular flexibility index (Phi) is 9.43. The molecule has 0 radical (unpaired) electrons. The maximum absolute atomic E-state index is 13.6. The molecule has 5 nitrogen and oxygen atoms in total. The van der Waals surface area contributed by atoms with Crippen molar-refractivity contribution in [1.29, 1.82) is 0 Å². The van der Waals surface area contributed by atoms with E-state index in [1.165, 1.54) is 6.07 Å². The zero-order valence-electron chi connectivity index (χ0n) is 17.0. The minimum Gasteiger partial charge on any atom is -0.385 e. The van der Waals surface area contributed by atoms with Gasteiger partial charge in [-0.1, -0.05) is 12.1 Å². The molecule has 2 fully saturated rings. The highest BCUT2D eigenvalue weighted by atomic mass is 127. The van der Waals surface area contributed by atoms with Gasteiger partial charge in [-0.2, -0.15) is 0 Å². The molecule has 0 unspecified atom stereocenters. The number of hydrogen-bond acceptors (Lipinski definition) is 3. The van der Waals surface area contributed by atoms with Gasteiger partial charge in [-0.15, -0.1) is 24.0 Å². The number of hydrogen-bond donors (Lipinski definition) is 1. The molecular formula is C21H33FIN3O2. The zero-order chi connectivity index (χ0) is 19.1. The van der Waals surface area contributed by atoms with Gasteiger partial charge in [0.15, 0.2) is 5.96 Å². The summed E-state index contributed by atoms with van der Waals surface area (Å²) >= 11 is 0. The van der Waals surface area contributed by atoms with E-state index in [0.717, 1.165) is 76.5 Å². The topological polar surface area (TPSA) is 46.1 Å². The van der Waals surface area contributed by atoms with E-state index < -0.39 is 0 Å². The van der Waals surface area contributed by atoms with Gasteiger partial charge in [0.1, 0.15) is 5.82 Å². The third kappa shape index (κ3) is 6.29. The first-order valence-corrected chi connectivity index (χ1v) is 9.99. The molecule has 1 aliphatic heterocycles. The second kappa shape index (κ2) is 11.3. The van der Waals surface area contributed by atoms with E-state index in [1.54, 1.807) is 19.2 Å². The number of aliphatic imine (C=N–C) groups is 1. The van der Waals surface area contributed by atoms with Crippen LogP contribution >= 0.6 is 24.0 Å². The Bertz CT molecular complexity index is 632. The lowest BCUT2D eigenvalue weighted by Gasteiger charge is -2.34. The molecule has 0 spiro atoms. The van der Waals surface area contributed by atoms with Crippen molar-refractivity contribution in [3.05, 3.63) is 35.6 Å². The largest absolute Gasteiger partial charge is 0.385 e. The van der Waals surface area contributed by atoms with Crippen LogP contribution in [0.5, 0.6) is 0 Å². The van der Waals surface area contributed by atoms with Gasteiger partial charge in [-0.05, 0) is 49.8 Å². The van der Waals surface area contributed by atoms with E-state index in [9.17, 15) is 4.39 Å². The molecular weight excluding hydrogens is 472 g/mol. The number of likely N-dealkylation sites (tertiary alicyclic amines) is 1. The second-order valence-corrected chi connectivity index (χ2v) is 7.59. The van der Waals surface area contributed by atoms with Crippen LogP contribution in [-0.2, 0) is 14.9 Å². The summed E-state index contributed by atoms with van der Waals surface area (Å²) in [5, 5.41) is 3.53. The monoisotopic (exact) mass is 505 g/mol. The van der Waals surface area contributed by atoms with Crippen molar-refractivity contribution in [2.24, 2.45) is 4.99 Å². The Balaban J connectivity index is 0.00000280. The standard InChI is InChI=1S/C21H32FN3O2.HI/c1-23-20(25-11-7-19(8-12-25)27-14-4-13-26-2)24-16-21(9-10-21)17-5-3-6-18(22)15-17;/h3,5-6,15,19H,4,7-14,16H2,1-2H3,(H,23,24);1H. The number of methoxy groups -OCH3 is 1. The lowest BCUT2D eigenvalue weighted by molar-refractivity contribution is 0.00989. The summed E-state index contributed by atoms with van der Waals surface area (Å²) in [5.74, 6) is 0.784. The molecule has 0 aromatic heterocycles. The molecule has 0 atom stereocenters. The highest BCUT2D eigenvalue weighted by molar-refractivity contribution is 14.0. The molecule has 1 N–H and O–H groups in total.